The van der Waals surface area contributed by atoms with E-state index in [-0.39, 0.29) is 11.4 Å². The molecular weight excluding hydrogens is 360 g/mol. The van der Waals surface area contributed by atoms with Crippen molar-refractivity contribution >= 4 is 17.7 Å². The van der Waals surface area contributed by atoms with Crippen molar-refractivity contribution in [3.05, 3.63) is 53.9 Å². The van der Waals surface area contributed by atoms with Crippen LogP contribution in [0.2, 0.25) is 0 Å². The first-order chi connectivity index (χ1) is 13.3. The zero-order chi connectivity index (χ0) is 18.5. The van der Waals surface area contributed by atoms with Crippen molar-refractivity contribution in [3.8, 4) is 0 Å². The van der Waals surface area contributed by atoms with Crippen LogP contribution in [0.5, 0.6) is 0 Å². The van der Waals surface area contributed by atoms with Crippen molar-refractivity contribution in [2.75, 3.05) is 44.4 Å². The number of hydrogen-bond acceptors (Lipinski definition) is 5. The molecule has 1 aromatic heterocycles. The number of morpholine rings is 1. The van der Waals surface area contributed by atoms with Crippen LogP contribution in [0.4, 0.5) is 0 Å². The minimum atomic E-state index is -0.0427. The first-order valence-corrected chi connectivity index (χ1v) is 10.7. The predicted molar refractivity (Wildman–Crippen MR) is 107 cm³/mol. The van der Waals surface area contributed by atoms with Gasteiger partial charge in [-0.1, -0.05) is 30.3 Å². The third kappa shape index (κ3) is 4.36. The van der Waals surface area contributed by atoms with Crippen molar-refractivity contribution in [1.82, 2.24) is 20.0 Å². The van der Waals surface area contributed by atoms with Crippen molar-refractivity contribution < 1.29 is 9.53 Å². The van der Waals surface area contributed by atoms with E-state index in [0.717, 1.165) is 44.2 Å². The average molecular weight is 387 g/mol. The Balaban J connectivity index is 1.37. The molecule has 2 aliphatic rings. The molecule has 1 amide bonds. The molecule has 2 aromatic rings. The van der Waals surface area contributed by atoms with E-state index in [1.807, 2.05) is 40.8 Å². The largest absolute Gasteiger partial charge is 0.379 e. The van der Waals surface area contributed by atoms with E-state index in [9.17, 15) is 4.79 Å². The Morgan fingerprint density at radius 2 is 2.07 bits per heavy atom. The van der Waals surface area contributed by atoms with Gasteiger partial charge < -0.3 is 10.1 Å². The summed E-state index contributed by atoms with van der Waals surface area (Å²) in [4.78, 5) is 15.2. The number of nitrogens with zero attached hydrogens (tertiary/aromatic N) is 3. The van der Waals surface area contributed by atoms with Crippen LogP contribution in [0.3, 0.4) is 0 Å². The molecule has 2 aliphatic heterocycles. The van der Waals surface area contributed by atoms with Gasteiger partial charge in [0, 0.05) is 37.1 Å². The molecule has 27 heavy (non-hydrogen) atoms. The van der Waals surface area contributed by atoms with Gasteiger partial charge in [0.1, 0.15) is 0 Å². The van der Waals surface area contributed by atoms with Gasteiger partial charge in [-0.3, -0.25) is 14.4 Å². The average Bonchev–Trinajstić information content (AvgIpc) is 3.38. The van der Waals surface area contributed by atoms with E-state index in [0.29, 0.717) is 18.7 Å². The first-order valence-electron chi connectivity index (χ1n) is 9.50. The van der Waals surface area contributed by atoms with Crippen LogP contribution in [0.15, 0.2) is 42.7 Å². The topological polar surface area (TPSA) is 59.4 Å². The highest BCUT2D eigenvalue weighted by molar-refractivity contribution is 7.99. The molecule has 6 nitrogen and oxygen atoms in total. The van der Waals surface area contributed by atoms with Crippen LogP contribution < -0.4 is 5.32 Å². The molecule has 0 aliphatic carbocycles. The second-order valence-corrected chi connectivity index (χ2v) is 8.33. The van der Waals surface area contributed by atoms with E-state index >= 15 is 0 Å². The summed E-state index contributed by atoms with van der Waals surface area (Å²) in [5, 5.41) is 7.51. The molecule has 144 valence electrons. The molecule has 1 atom stereocenters. The van der Waals surface area contributed by atoms with Gasteiger partial charge in [0.25, 0.3) is 5.91 Å². The fourth-order valence-corrected chi connectivity index (χ4v) is 5.30. The van der Waals surface area contributed by atoms with Gasteiger partial charge in [-0.2, -0.15) is 16.9 Å². The number of benzene rings is 1. The molecule has 7 heteroatoms. The Hall–Kier alpha value is -1.83. The Morgan fingerprint density at radius 1 is 1.26 bits per heavy atom. The fourth-order valence-electron chi connectivity index (χ4n) is 3.82. The molecule has 0 saturated carbocycles. The van der Waals surface area contributed by atoms with Gasteiger partial charge in [0.05, 0.1) is 31.5 Å². The molecular formula is C20H26N4O2S. The predicted octanol–water partition coefficient (Wildman–Crippen LogP) is 1.87. The summed E-state index contributed by atoms with van der Waals surface area (Å²) >= 11 is 1.98. The maximum atomic E-state index is 12.7. The van der Waals surface area contributed by atoms with Crippen LogP contribution in [-0.4, -0.2) is 70.5 Å². The maximum absolute atomic E-state index is 12.7. The highest BCUT2D eigenvalue weighted by Crippen LogP contribution is 2.33. The number of ether oxygens (including phenoxy) is 1. The van der Waals surface area contributed by atoms with Gasteiger partial charge in [-0.15, -0.1) is 0 Å². The summed E-state index contributed by atoms with van der Waals surface area (Å²) in [6, 6.07) is 10.1. The van der Waals surface area contributed by atoms with Crippen molar-refractivity contribution in [3.63, 3.8) is 0 Å². The van der Waals surface area contributed by atoms with Gasteiger partial charge >= 0.3 is 0 Å². The smallest absolute Gasteiger partial charge is 0.254 e. The lowest BCUT2D eigenvalue weighted by molar-refractivity contribution is -0.0129. The molecule has 1 aromatic carbocycles. The quantitative estimate of drug-likeness (QED) is 0.821. The SMILES string of the molecule is O=C(NC[C@]1(N2CCOCC2)CCSC1)c1cnn(Cc2ccccc2)c1. The number of carbonyl (C=O) groups is 1. The first kappa shape index (κ1) is 18.5. The summed E-state index contributed by atoms with van der Waals surface area (Å²) < 4.78 is 7.32. The van der Waals surface area contributed by atoms with Gasteiger partial charge in [0.2, 0.25) is 0 Å². The van der Waals surface area contributed by atoms with Crippen LogP contribution in [0.25, 0.3) is 0 Å². The Labute approximate surface area is 164 Å². The second kappa shape index (κ2) is 8.46. The van der Waals surface area contributed by atoms with Gasteiger partial charge in [0.15, 0.2) is 0 Å². The summed E-state index contributed by atoms with van der Waals surface area (Å²) in [7, 11) is 0. The number of carbonyl (C=O) groups excluding carboxylic acids is 1. The number of hydrogen-bond donors (Lipinski definition) is 1. The second-order valence-electron chi connectivity index (χ2n) is 7.22. The third-order valence-electron chi connectivity index (χ3n) is 5.43. The van der Waals surface area contributed by atoms with Crippen LogP contribution in [0, 0.1) is 0 Å². The monoisotopic (exact) mass is 386 g/mol. The summed E-state index contributed by atoms with van der Waals surface area (Å²) in [5.41, 5.74) is 1.85. The number of amides is 1. The zero-order valence-electron chi connectivity index (χ0n) is 15.5. The Bertz CT molecular complexity index is 752. The molecule has 1 N–H and O–H groups in total. The summed E-state index contributed by atoms with van der Waals surface area (Å²) in [6.07, 6.45) is 4.60. The maximum Gasteiger partial charge on any atom is 0.254 e. The summed E-state index contributed by atoms with van der Waals surface area (Å²) in [5.74, 6) is 2.18. The van der Waals surface area contributed by atoms with Crippen LogP contribution in [0.1, 0.15) is 22.3 Å². The van der Waals surface area contributed by atoms with Crippen molar-refractivity contribution in [2.24, 2.45) is 0 Å². The molecule has 2 fully saturated rings. The number of thioether (sulfide) groups is 1. The lowest BCUT2D eigenvalue weighted by Gasteiger charge is -2.43. The minimum absolute atomic E-state index is 0.0427. The number of aromatic nitrogens is 2. The van der Waals surface area contributed by atoms with E-state index < -0.39 is 0 Å². The number of rotatable bonds is 6. The summed E-state index contributed by atoms with van der Waals surface area (Å²) in [6.45, 7) is 4.82. The van der Waals surface area contributed by atoms with Crippen molar-refractivity contribution in [2.45, 2.75) is 18.5 Å². The molecule has 0 spiro atoms. The van der Waals surface area contributed by atoms with Gasteiger partial charge in [-0.05, 0) is 17.7 Å². The fraction of sp³-hybridized carbons (Fsp3) is 0.500. The molecule has 0 bridgehead atoms. The standard InChI is InChI=1S/C20H26N4O2S/c25-19(18-12-22-24(14-18)13-17-4-2-1-3-5-17)21-15-20(6-11-27-16-20)23-7-9-26-10-8-23/h1-5,12,14H,6-11,13,15-16H2,(H,21,25)/t20-/m1/s1. The zero-order valence-corrected chi connectivity index (χ0v) is 16.3. The van der Waals surface area contributed by atoms with Gasteiger partial charge in [-0.25, -0.2) is 0 Å². The molecule has 2 saturated heterocycles. The molecule has 3 heterocycles. The normalized spacial score (nSPS) is 23.4. The molecule has 0 radical (unpaired) electrons. The van der Waals surface area contributed by atoms with E-state index in [1.54, 1.807) is 6.20 Å². The highest BCUT2D eigenvalue weighted by Gasteiger charge is 2.40. The third-order valence-corrected chi connectivity index (χ3v) is 6.66. The Morgan fingerprint density at radius 3 is 2.81 bits per heavy atom. The van der Waals surface area contributed by atoms with E-state index in [4.69, 9.17) is 4.74 Å². The van der Waals surface area contributed by atoms with E-state index in [2.05, 4.69) is 27.4 Å². The van der Waals surface area contributed by atoms with Crippen molar-refractivity contribution in [1.29, 1.82) is 0 Å². The lowest BCUT2D eigenvalue weighted by Crippen LogP contribution is -2.59. The van der Waals surface area contributed by atoms with E-state index in [1.165, 1.54) is 5.56 Å². The molecule has 0 unspecified atom stereocenters. The Kier molecular flexibility index (Phi) is 5.80. The highest BCUT2D eigenvalue weighted by atomic mass is 32.2. The van der Waals surface area contributed by atoms with Crippen LogP contribution in [-0.2, 0) is 11.3 Å². The number of nitrogens with one attached hydrogen (secondary N) is 1. The van der Waals surface area contributed by atoms with Crippen LogP contribution >= 0.6 is 11.8 Å². The minimum Gasteiger partial charge on any atom is -0.379 e. The lowest BCUT2D eigenvalue weighted by atomic mass is 9.95. The molecule has 4 rings (SSSR count).